The van der Waals surface area contributed by atoms with Gasteiger partial charge >= 0.3 is 5.97 Å². The molecule has 0 N–H and O–H groups in total. The molecule has 0 fully saturated rings. The lowest BCUT2D eigenvalue weighted by atomic mass is 10.1. The lowest BCUT2D eigenvalue weighted by Crippen LogP contribution is -2.25. The minimum absolute atomic E-state index is 0.188. The highest BCUT2D eigenvalue weighted by molar-refractivity contribution is 5.96. The average molecular weight is 231 g/mol. The molecular weight excluding hydrogens is 218 g/mol. The highest BCUT2D eigenvalue weighted by Crippen LogP contribution is 2.18. The van der Waals surface area contributed by atoms with Crippen molar-refractivity contribution in [3.05, 3.63) is 45.9 Å². The van der Waals surface area contributed by atoms with E-state index in [-0.39, 0.29) is 5.56 Å². The second kappa shape index (κ2) is 4.05. The molecule has 2 aromatic rings. The lowest BCUT2D eigenvalue weighted by molar-refractivity contribution is 0.0587. The Balaban J connectivity index is 2.97. The number of aromatic nitrogens is 1. The van der Waals surface area contributed by atoms with Gasteiger partial charge < -0.3 is 9.30 Å². The molecule has 4 nitrogen and oxygen atoms in total. The highest BCUT2D eigenvalue weighted by Gasteiger charge is 2.17. The molecule has 17 heavy (non-hydrogen) atoms. The molecular formula is C13H13NO3. The quantitative estimate of drug-likeness (QED) is 0.701. The van der Waals surface area contributed by atoms with Crippen molar-refractivity contribution in [1.82, 2.24) is 4.57 Å². The van der Waals surface area contributed by atoms with Gasteiger partial charge in [-0.3, -0.25) is 4.79 Å². The molecule has 0 aliphatic rings. The number of carbonyl (C=O) groups is 1. The molecule has 0 aliphatic carbocycles. The first-order valence-corrected chi connectivity index (χ1v) is 5.24. The fraction of sp³-hybridized carbons (Fsp3) is 0.231. The standard InChI is InChI=1S/C13H13NO3/c1-8-9-6-4-5-7-10(9)12(15)14(2)11(8)13(16)17-3/h4-7H,1-3H3. The van der Waals surface area contributed by atoms with Crippen molar-refractivity contribution in [2.24, 2.45) is 7.05 Å². The van der Waals surface area contributed by atoms with Gasteiger partial charge in [0.1, 0.15) is 5.69 Å². The van der Waals surface area contributed by atoms with E-state index >= 15 is 0 Å². The van der Waals surface area contributed by atoms with Gasteiger partial charge in [-0.05, 0) is 23.9 Å². The van der Waals surface area contributed by atoms with E-state index in [4.69, 9.17) is 4.74 Å². The number of pyridine rings is 1. The summed E-state index contributed by atoms with van der Waals surface area (Å²) in [5.41, 5.74) is 0.873. The zero-order valence-electron chi connectivity index (χ0n) is 9.98. The molecule has 0 saturated heterocycles. The van der Waals surface area contributed by atoms with Crippen LogP contribution in [0.2, 0.25) is 0 Å². The molecule has 4 heteroatoms. The number of carbonyl (C=O) groups excluding carboxylic acids is 1. The summed E-state index contributed by atoms with van der Waals surface area (Å²) < 4.78 is 6.04. The Labute approximate surface area is 98.4 Å². The monoisotopic (exact) mass is 231 g/mol. The summed E-state index contributed by atoms with van der Waals surface area (Å²) in [5, 5.41) is 1.40. The normalized spacial score (nSPS) is 10.5. The number of hydrogen-bond donors (Lipinski definition) is 0. The van der Waals surface area contributed by atoms with Crippen LogP contribution in [0.25, 0.3) is 10.8 Å². The molecule has 1 aromatic carbocycles. The van der Waals surface area contributed by atoms with E-state index in [2.05, 4.69) is 0 Å². The predicted molar refractivity (Wildman–Crippen MR) is 65.3 cm³/mol. The molecule has 0 unspecified atom stereocenters. The van der Waals surface area contributed by atoms with Gasteiger partial charge in [0, 0.05) is 12.4 Å². The Morgan fingerprint density at radius 1 is 1.24 bits per heavy atom. The third-order valence-electron chi connectivity index (χ3n) is 2.94. The van der Waals surface area contributed by atoms with E-state index in [0.29, 0.717) is 11.1 Å². The van der Waals surface area contributed by atoms with Crippen molar-refractivity contribution in [3.63, 3.8) is 0 Å². The van der Waals surface area contributed by atoms with E-state index in [1.54, 1.807) is 19.2 Å². The molecule has 0 atom stereocenters. The summed E-state index contributed by atoms with van der Waals surface area (Å²) >= 11 is 0. The topological polar surface area (TPSA) is 48.3 Å². The number of benzene rings is 1. The molecule has 0 amide bonds. The molecule has 0 spiro atoms. The second-order valence-electron chi connectivity index (χ2n) is 3.87. The Morgan fingerprint density at radius 2 is 1.82 bits per heavy atom. The first-order valence-electron chi connectivity index (χ1n) is 5.24. The first-order chi connectivity index (χ1) is 8.07. The SMILES string of the molecule is COC(=O)c1c(C)c2ccccc2c(=O)n1C. The largest absolute Gasteiger partial charge is 0.464 e. The van der Waals surface area contributed by atoms with Crippen LogP contribution in [0, 0.1) is 6.92 Å². The van der Waals surface area contributed by atoms with Crippen LogP contribution in [0.5, 0.6) is 0 Å². The number of nitrogens with zero attached hydrogens (tertiary/aromatic N) is 1. The van der Waals surface area contributed by atoms with Gasteiger partial charge in [-0.15, -0.1) is 0 Å². The Kier molecular flexibility index (Phi) is 2.71. The van der Waals surface area contributed by atoms with E-state index in [9.17, 15) is 9.59 Å². The van der Waals surface area contributed by atoms with Crippen molar-refractivity contribution in [2.45, 2.75) is 6.92 Å². The zero-order valence-corrected chi connectivity index (χ0v) is 9.98. The van der Waals surface area contributed by atoms with Gasteiger partial charge in [-0.2, -0.15) is 0 Å². The maximum Gasteiger partial charge on any atom is 0.355 e. The fourth-order valence-electron chi connectivity index (χ4n) is 2.04. The van der Waals surface area contributed by atoms with Crippen molar-refractivity contribution < 1.29 is 9.53 Å². The van der Waals surface area contributed by atoms with Crippen LogP contribution in [0.3, 0.4) is 0 Å². The maximum absolute atomic E-state index is 12.1. The second-order valence-corrected chi connectivity index (χ2v) is 3.87. The van der Waals surface area contributed by atoms with Gasteiger partial charge in [0.05, 0.1) is 7.11 Å². The Hall–Kier alpha value is -2.10. The van der Waals surface area contributed by atoms with Crippen LogP contribution in [-0.2, 0) is 11.8 Å². The Bertz CT molecular complexity index is 655. The summed E-state index contributed by atoms with van der Waals surface area (Å²) in [4.78, 5) is 23.7. The van der Waals surface area contributed by atoms with Crippen LogP contribution in [-0.4, -0.2) is 17.6 Å². The van der Waals surface area contributed by atoms with Crippen molar-refractivity contribution in [1.29, 1.82) is 0 Å². The summed E-state index contributed by atoms with van der Waals surface area (Å²) in [7, 11) is 2.88. The van der Waals surface area contributed by atoms with Gasteiger partial charge in [0.15, 0.2) is 0 Å². The zero-order chi connectivity index (χ0) is 12.6. The number of fused-ring (bicyclic) bond motifs is 1. The summed E-state index contributed by atoms with van der Waals surface area (Å²) in [6, 6.07) is 7.24. The van der Waals surface area contributed by atoms with Crippen LogP contribution in [0.4, 0.5) is 0 Å². The summed E-state index contributed by atoms with van der Waals surface area (Å²) in [6.07, 6.45) is 0. The van der Waals surface area contributed by atoms with Gasteiger partial charge in [0.2, 0.25) is 0 Å². The van der Waals surface area contributed by atoms with Crippen LogP contribution >= 0.6 is 0 Å². The molecule has 0 bridgehead atoms. The number of aryl methyl sites for hydroxylation is 1. The summed E-state index contributed by atoms with van der Waals surface area (Å²) in [6.45, 7) is 1.81. The number of methoxy groups -OCH3 is 1. The lowest BCUT2D eigenvalue weighted by Gasteiger charge is -2.12. The number of rotatable bonds is 1. The van der Waals surface area contributed by atoms with Gasteiger partial charge in [0.25, 0.3) is 5.56 Å². The fourth-order valence-corrected chi connectivity index (χ4v) is 2.04. The average Bonchev–Trinajstić information content (AvgIpc) is 2.36. The van der Waals surface area contributed by atoms with Crippen molar-refractivity contribution in [2.75, 3.05) is 7.11 Å². The third kappa shape index (κ3) is 1.62. The number of hydrogen-bond acceptors (Lipinski definition) is 3. The number of esters is 1. The molecule has 88 valence electrons. The molecule has 1 aromatic heterocycles. The van der Waals surface area contributed by atoms with Crippen molar-refractivity contribution in [3.8, 4) is 0 Å². The van der Waals surface area contributed by atoms with Crippen LogP contribution < -0.4 is 5.56 Å². The minimum Gasteiger partial charge on any atom is -0.464 e. The maximum atomic E-state index is 12.1. The van der Waals surface area contributed by atoms with Crippen molar-refractivity contribution >= 4 is 16.7 Å². The number of ether oxygens (including phenoxy) is 1. The third-order valence-corrected chi connectivity index (χ3v) is 2.94. The molecule has 0 radical (unpaired) electrons. The smallest absolute Gasteiger partial charge is 0.355 e. The van der Waals surface area contributed by atoms with Gasteiger partial charge in [-0.1, -0.05) is 18.2 Å². The van der Waals surface area contributed by atoms with Crippen LogP contribution in [0.15, 0.2) is 29.1 Å². The minimum atomic E-state index is -0.493. The van der Waals surface area contributed by atoms with E-state index < -0.39 is 5.97 Å². The molecule has 1 heterocycles. The molecule has 0 saturated carbocycles. The molecule has 0 aliphatic heterocycles. The van der Waals surface area contributed by atoms with E-state index in [1.807, 2.05) is 19.1 Å². The summed E-state index contributed by atoms with van der Waals surface area (Å²) in [5.74, 6) is -0.493. The molecule has 2 rings (SSSR count). The van der Waals surface area contributed by atoms with E-state index in [1.165, 1.54) is 11.7 Å². The van der Waals surface area contributed by atoms with E-state index in [0.717, 1.165) is 10.9 Å². The highest BCUT2D eigenvalue weighted by atomic mass is 16.5. The Morgan fingerprint density at radius 3 is 2.41 bits per heavy atom. The van der Waals surface area contributed by atoms with Crippen LogP contribution in [0.1, 0.15) is 16.1 Å². The van der Waals surface area contributed by atoms with Gasteiger partial charge in [-0.25, -0.2) is 4.79 Å². The first kappa shape index (κ1) is 11.4. The predicted octanol–water partition coefficient (Wildman–Crippen LogP) is 1.63.